The van der Waals surface area contributed by atoms with E-state index >= 15 is 0 Å². The summed E-state index contributed by atoms with van der Waals surface area (Å²) >= 11 is 0. The lowest BCUT2D eigenvalue weighted by molar-refractivity contribution is 0.102. The van der Waals surface area contributed by atoms with E-state index < -0.39 is 17.5 Å². The van der Waals surface area contributed by atoms with Crippen LogP contribution >= 0.6 is 0 Å². The predicted molar refractivity (Wildman–Crippen MR) is 73.9 cm³/mol. The Morgan fingerprint density at radius 3 is 2.48 bits per heavy atom. The van der Waals surface area contributed by atoms with Crippen molar-refractivity contribution in [2.75, 3.05) is 19.5 Å². The van der Waals surface area contributed by atoms with Gasteiger partial charge in [-0.3, -0.25) is 4.79 Å². The zero-order valence-electron chi connectivity index (χ0n) is 11.4. The molecule has 0 radical (unpaired) electrons. The van der Waals surface area contributed by atoms with Crippen molar-refractivity contribution >= 4 is 11.6 Å². The third-order valence-electron chi connectivity index (χ3n) is 2.83. The van der Waals surface area contributed by atoms with Gasteiger partial charge in [0, 0.05) is 12.1 Å². The molecule has 0 aliphatic rings. The highest BCUT2D eigenvalue weighted by molar-refractivity contribution is 6.06. The Morgan fingerprint density at radius 1 is 1.05 bits per heavy atom. The highest BCUT2D eigenvalue weighted by Gasteiger charge is 2.15. The minimum Gasteiger partial charge on any atom is -0.497 e. The van der Waals surface area contributed by atoms with Gasteiger partial charge in [0.15, 0.2) is 0 Å². The Hall–Kier alpha value is -2.63. The molecule has 0 atom stereocenters. The van der Waals surface area contributed by atoms with E-state index in [-0.39, 0.29) is 17.0 Å². The molecular weight excluding hydrogens is 280 g/mol. The summed E-state index contributed by atoms with van der Waals surface area (Å²) in [7, 11) is 2.88. The van der Waals surface area contributed by atoms with Gasteiger partial charge in [0.25, 0.3) is 5.91 Å². The number of benzene rings is 2. The molecule has 0 bridgehead atoms. The van der Waals surface area contributed by atoms with Gasteiger partial charge in [0.2, 0.25) is 0 Å². The van der Waals surface area contributed by atoms with Crippen LogP contribution in [0, 0.1) is 11.6 Å². The van der Waals surface area contributed by atoms with Gasteiger partial charge >= 0.3 is 0 Å². The molecule has 0 saturated heterocycles. The molecule has 0 fully saturated rings. The summed E-state index contributed by atoms with van der Waals surface area (Å²) in [6, 6.07) is 7.39. The SMILES string of the molecule is COc1ccc(C(=O)Nc2cc(F)ccc2F)c(OC)c1. The van der Waals surface area contributed by atoms with Gasteiger partial charge in [-0.2, -0.15) is 0 Å². The molecule has 6 heteroatoms. The average molecular weight is 293 g/mol. The van der Waals surface area contributed by atoms with Crippen LogP contribution in [-0.4, -0.2) is 20.1 Å². The third-order valence-corrected chi connectivity index (χ3v) is 2.83. The largest absolute Gasteiger partial charge is 0.497 e. The van der Waals surface area contributed by atoms with Gasteiger partial charge in [0.1, 0.15) is 23.1 Å². The molecular formula is C15H13F2NO3. The average Bonchev–Trinajstić information content (AvgIpc) is 2.50. The second-order valence-corrected chi connectivity index (χ2v) is 4.14. The molecule has 110 valence electrons. The smallest absolute Gasteiger partial charge is 0.259 e. The number of anilines is 1. The fraction of sp³-hybridized carbons (Fsp3) is 0.133. The number of hydrogen-bond donors (Lipinski definition) is 1. The summed E-state index contributed by atoms with van der Waals surface area (Å²) < 4.78 is 36.7. The summed E-state index contributed by atoms with van der Waals surface area (Å²) in [6.45, 7) is 0. The molecule has 4 nitrogen and oxygen atoms in total. The first-order chi connectivity index (χ1) is 10.0. The minimum absolute atomic E-state index is 0.182. The summed E-state index contributed by atoms with van der Waals surface area (Å²) in [4.78, 5) is 12.1. The molecule has 1 N–H and O–H groups in total. The molecule has 0 unspecified atom stereocenters. The van der Waals surface area contributed by atoms with Crippen LogP contribution in [0.5, 0.6) is 11.5 Å². The fourth-order valence-electron chi connectivity index (χ4n) is 1.77. The van der Waals surface area contributed by atoms with Crippen molar-refractivity contribution in [3.05, 3.63) is 53.6 Å². The maximum absolute atomic E-state index is 13.5. The Balaban J connectivity index is 2.30. The summed E-state index contributed by atoms with van der Waals surface area (Å²) in [6.07, 6.45) is 0. The number of nitrogens with one attached hydrogen (secondary N) is 1. The van der Waals surface area contributed by atoms with Crippen molar-refractivity contribution in [2.24, 2.45) is 0 Å². The first-order valence-electron chi connectivity index (χ1n) is 6.03. The monoisotopic (exact) mass is 293 g/mol. The molecule has 1 amide bonds. The zero-order chi connectivity index (χ0) is 15.4. The van der Waals surface area contributed by atoms with Crippen LogP contribution in [0.2, 0.25) is 0 Å². The molecule has 0 spiro atoms. The molecule has 0 aromatic heterocycles. The number of carbonyl (C=O) groups is 1. The number of ether oxygens (including phenoxy) is 2. The molecule has 21 heavy (non-hydrogen) atoms. The lowest BCUT2D eigenvalue weighted by Crippen LogP contribution is -2.14. The third kappa shape index (κ3) is 3.28. The van der Waals surface area contributed by atoms with E-state index in [9.17, 15) is 13.6 Å². The lowest BCUT2D eigenvalue weighted by Gasteiger charge is -2.11. The summed E-state index contributed by atoms with van der Waals surface area (Å²) in [5, 5.41) is 2.30. The Labute approximate surface area is 120 Å². The first-order valence-corrected chi connectivity index (χ1v) is 6.03. The van der Waals surface area contributed by atoms with E-state index in [2.05, 4.69) is 5.32 Å². The molecule has 2 rings (SSSR count). The van der Waals surface area contributed by atoms with Crippen LogP contribution in [0.25, 0.3) is 0 Å². The van der Waals surface area contributed by atoms with Crippen LogP contribution in [0.1, 0.15) is 10.4 Å². The highest BCUT2D eigenvalue weighted by Crippen LogP contribution is 2.26. The molecule has 0 saturated carbocycles. The van der Waals surface area contributed by atoms with E-state index in [4.69, 9.17) is 9.47 Å². The molecule has 0 aliphatic heterocycles. The molecule has 0 heterocycles. The van der Waals surface area contributed by atoms with Gasteiger partial charge in [0.05, 0.1) is 25.5 Å². The fourth-order valence-corrected chi connectivity index (χ4v) is 1.77. The van der Waals surface area contributed by atoms with Crippen LogP contribution < -0.4 is 14.8 Å². The van der Waals surface area contributed by atoms with Crippen molar-refractivity contribution in [3.63, 3.8) is 0 Å². The quantitative estimate of drug-likeness (QED) is 0.941. The lowest BCUT2D eigenvalue weighted by atomic mass is 10.1. The molecule has 0 aliphatic carbocycles. The van der Waals surface area contributed by atoms with E-state index in [1.165, 1.54) is 26.4 Å². The van der Waals surface area contributed by atoms with Gasteiger partial charge in [-0.05, 0) is 24.3 Å². The van der Waals surface area contributed by atoms with E-state index in [1.807, 2.05) is 0 Å². The number of rotatable bonds is 4. The Bertz CT molecular complexity index is 674. The number of amides is 1. The van der Waals surface area contributed by atoms with Gasteiger partial charge in [-0.25, -0.2) is 8.78 Å². The topological polar surface area (TPSA) is 47.6 Å². The number of carbonyl (C=O) groups excluding carboxylic acids is 1. The molecule has 2 aromatic rings. The van der Waals surface area contributed by atoms with Gasteiger partial charge in [-0.15, -0.1) is 0 Å². The van der Waals surface area contributed by atoms with Crippen molar-refractivity contribution in [2.45, 2.75) is 0 Å². The van der Waals surface area contributed by atoms with Crippen LogP contribution in [0.3, 0.4) is 0 Å². The van der Waals surface area contributed by atoms with Crippen LogP contribution in [0.15, 0.2) is 36.4 Å². The second kappa shape index (κ2) is 6.21. The standard InChI is InChI=1S/C15H13F2NO3/c1-20-10-4-5-11(14(8-10)21-2)15(19)18-13-7-9(16)3-6-12(13)17/h3-8H,1-2H3,(H,18,19). The van der Waals surface area contributed by atoms with Gasteiger partial charge < -0.3 is 14.8 Å². The van der Waals surface area contributed by atoms with Crippen molar-refractivity contribution in [1.29, 1.82) is 0 Å². The van der Waals surface area contributed by atoms with Crippen LogP contribution in [-0.2, 0) is 0 Å². The minimum atomic E-state index is -0.725. The Morgan fingerprint density at radius 2 is 1.81 bits per heavy atom. The zero-order valence-corrected chi connectivity index (χ0v) is 11.4. The number of hydrogen-bond acceptors (Lipinski definition) is 3. The second-order valence-electron chi connectivity index (χ2n) is 4.14. The van der Waals surface area contributed by atoms with E-state index in [0.717, 1.165) is 18.2 Å². The summed E-state index contributed by atoms with van der Waals surface area (Å²) in [5.41, 5.74) is -0.0557. The number of halogens is 2. The Kier molecular flexibility index (Phi) is 4.37. The normalized spacial score (nSPS) is 10.1. The van der Waals surface area contributed by atoms with Gasteiger partial charge in [-0.1, -0.05) is 0 Å². The molecule has 2 aromatic carbocycles. The van der Waals surface area contributed by atoms with E-state index in [1.54, 1.807) is 6.07 Å². The maximum Gasteiger partial charge on any atom is 0.259 e. The summed E-state index contributed by atoms with van der Waals surface area (Å²) in [5.74, 6) is -1.20. The highest BCUT2D eigenvalue weighted by atomic mass is 19.1. The number of methoxy groups -OCH3 is 2. The van der Waals surface area contributed by atoms with Crippen molar-refractivity contribution < 1.29 is 23.0 Å². The predicted octanol–water partition coefficient (Wildman–Crippen LogP) is 3.23. The van der Waals surface area contributed by atoms with Crippen molar-refractivity contribution in [3.8, 4) is 11.5 Å². The van der Waals surface area contributed by atoms with E-state index in [0.29, 0.717) is 5.75 Å². The van der Waals surface area contributed by atoms with Crippen LogP contribution in [0.4, 0.5) is 14.5 Å². The van der Waals surface area contributed by atoms with Crippen molar-refractivity contribution in [1.82, 2.24) is 0 Å². The maximum atomic E-state index is 13.5. The first kappa shape index (κ1) is 14.8.